The van der Waals surface area contributed by atoms with Crippen molar-refractivity contribution in [1.29, 1.82) is 0 Å². The van der Waals surface area contributed by atoms with E-state index in [1.807, 2.05) is 0 Å². The van der Waals surface area contributed by atoms with Crippen LogP contribution < -0.4 is 5.32 Å². The van der Waals surface area contributed by atoms with Crippen LogP contribution in [-0.4, -0.2) is 6.54 Å². The van der Waals surface area contributed by atoms with Gasteiger partial charge in [-0.25, -0.2) is 0 Å². The molecule has 2 rings (SSSR count). The Bertz CT molecular complexity index is 436. The van der Waals surface area contributed by atoms with Crippen LogP contribution in [0, 0.1) is 0 Å². The molecule has 0 aliphatic heterocycles. The average Bonchev–Trinajstić information content (AvgIpc) is 2.45. The van der Waals surface area contributed by atoms with Crippen LogP contribution in [0.1, 0.15) is 30.5 Å². The normalized spacial score (nSPS) is 12.3. The van der Waals surface area contributed by atoms with Crippen LogP contribution >= 0.6 is 0 Å². The van der Waals surface area contributed by atoms with Crippen molar-refractivity contribution in [3.8, 4) is 0 Å². The van der Waals surface area contributed by atoms with Gasteiger partial charge in [0, 0.05) is 6.04 Å². The van der Waals surface area contributed by atoms with Crippen molar-refractivity contribution in [1.82, 2.24) is 5.32 Å². The molecular formula is C17H21N. The van der Waals surface area contributed by atoms with Gasteiger partial charge in [-0.1, -0.05) is 67.6 Å². The van der Waals surface area contributed by atoms with Gasteiger partial charge in [0.25, 0.3) is 0 Å². The Kier molecular flexibility index (Phi) is 4.98. The summed E-state index contributed by atoms with van der Waals surface area (Å²) in [5, 5.41) is 3.63. The van der Waals surface area contributed by atoms with Crippen molar-refractivity contribution in [3.05, 3.63) is 71.8 Å². The van der Waals surface area contributed by atoms with E-state index in [0.717, 1.165) is 19.4 Å². The van der Waals surface area contributed by atoms with Crippen LogP contribution in [0.15, 0.2) is 60.7 Å². The minimum atomic E-state index is 0.411. The van der Waals surface area contributed by atoms with Gasteiger partial charge in [0.1, 0.15) is 0 Å². The van der Waals surface area contributed by atoms with Gasteiger partial charge in [-0.15, -0.1) is 0 Å². The molecule has 18 heavy (non-hydrogen) atoms. The Hall–Kier alpha value is -1.60. The predicted octanol–water partition coefficient (Wildman–Crippen LogP) is 3.97. The largest absolute Gasteiger partial charge is 0.310 e. The van der Waals surface area contributed by atoms with Gasteiger partial charge >= 0.3 is 0 Å². The van der Waals surface area contributed by atoms with E-state index in [2.05, 4.69) is 72.9 Å². The van der Waals surface area contributed by atoms with Gasteiger partial charge in [0.2, 0.25) is 0 Å². The number of hydrogen-bond donors (Lipinski definition) is 1. The first-order chi connectivity index (χ1) is 8.90. The van der Waals surface area contributed by atoms with Gasteiger partial charge in [0.15, 0.2) is 0 Å². The van der Waals surface area contributed by atoms with E-state index in [1.54, 1.807) is 0 Å². The summed E-state index contributed by atoms with van der Waals surface area (Å²) < 4.78 is 0. The monoisotopic (exact) mass is 239 g/mol. The molecule has 0 saturated carbocycles. The minimum Gasteiger partial charge on any atom is -0.310 e. The molecule has 0 bridgehead atoms. The molecule has 0 aliphatic rings. The Morgan fingerprint density at radius 1 is 0.889 bits per heavy atom. The number of benzene rings is 2. The average molecular weight is 239 g/mol. The van der Waals surface area contributed by atoms with Crippen LogP contribution in [0.3, 0.4) is 0 Å². The summed E-state index contributed by atoms with van der Waals surface area (Å²) in [5.74, 6) is 0. The lowest BCUT2D eigenvalue weighted by Crippen LogP contribution is -2.24. The molecule has 1 nitrogen and oxygen atoms in total. The first-order valence-electron chi connectivity index (χ1n) is 6.72. The molecule has 1 atom stereocenters. The molecule has 0 fully saturated rings. The fraction of sp³-hybridized carbons (Fsp3) is 0.294. The van der Waals surface area contributed by atoms with E-state index in [0.29, 0.717) is 6.04 Å². The molecule has 0 aromatic heterocycles. The molecule has 1 heteroatoms. The second kappa shape index (κ2) is 6.97. The summed E-state index contributed by atoms with van der Waals surface area (Å²) in [4.78, 5) is 0. The van der Waals surface area contributed by atoms with Crippen LogP contribution in [0.5, 0.6) is 0 Å². The highest BCUT2D eigenvalue weighted by Gasteiger charge is 2.10. The molecule has 2 aromatic rings. The maximum absolute atomic E-state index is 3.63. The molecular weight excluding hydrogens is 218 g/mol. The Morgan fingerprint density at radius 2 is 1.50 bits per heavy atom. The molecule has 0 amide bonds. The second-order valence-electron chi connectivity index (χ2n) is 4.61. The topological polar surface area (TPSA) is 12.0 Å². The zero-order chi connectivity index (χ0) is 12.6. The van der Waals surface area contributed by atoms with E-state index < -0.39 is 0 Å². The summed E-state index contributed by atoms with van der Waals surface area (Å²) in [7, 11) is 0. The molecule has 2 aromatic carbocycles. The minimum absolute atomic E-state index is 0.411. The van der Waals surface area contributed by atoms with E-state index in [4.69, 9.17) is 0 Å². The van der Waals surface area contributed by atoms with Crippen molar-refractivity contribution in [3.63, 3.8) is 0 Å². The molecule has 1 N–H and O–H groups in total. The van der Waals surface area contributed by atoms with Crippen molar-refractivity contribution in [2.75, 3.05) is 6.54 Å². The molecule has 0 aliphatic carbocycles. The summed E-state index contributed by atoms with van der Waals surface area (Å²) in [6.07, 6.45) is 2.21. The van der Waals surface area contributed by atoms with Crippen molar-refractivity contribution < 1.29 is 0 Å². The van der Waals surface area contributed by atoms with E-state index >= 15 is 0 Å². The second-order valence-corrected chi connectivity index (χ2v) is 4.61. The third-order valence-electron chi connectivity index (χ3n) is 3.13. The fourth-order valence-electron chi connectivity index (χ4n) is 2.16. The number of hydrogen-bond acceptors (Lipinski definition) is 1. The third kappa shape index (κ3) is 3.71. The standard InChI is InChI=1S/C17H21N/c1-2-13-18-17(16-11-7-4-8-12-16)14-15-9-5-3-6-10-15/h3-12,17-18H,2,13-14H2,1H3/t17-/m0/s1. The van der Waals surface area contributed by atoms with E-state index in [-0.39, 0.29) is 0 Å². The molecule has 94 valence electrons. The third-order valence-corrected chi connectivity index (χ3v) is 3.13. The van der Waals surface area contributed by atoms with Gasteiger partial charge < -0.3 is 5.32 Å². The van der Waals surface area contributed by atoms with Crippen LogP contribution in [0.25, 0.3) is 0 Å². The van der Waals surface area contributed by atoms with Crippen molar-refractivity contribution in [2.45, 2.75) is 25.8 Å². The first kappa shape index (κ1) is 12.8. The highest BCUT2D eigenvalue weighted by Crippen LogP contribution is 2.18. The van der Waals surface area contributed by atoms with Crippen LogP contribution in [-0.2, 0) is 6.42 Å². The van der Waals surface area contributed by atoms with E-state index in [1.165, 1.54) is 11.1 Å². The summed E-state index contributed by atoms with van der Waals surface area (Å²) in [6.45, 7) is 3.27. The van der Waals surface area contributed by atoms with Gasteiger partial charge in [0.05, 0.1) is 0 Å². The highest BCUT2D eigenvalue weighted by molar-refractivity contribution is 5.23. The summed E-state index contributed by atoms with van der Waals surface area (Å²) in [5.41, 5.74) is 2.75. The molecule has 0 unspecified atom stereocenters. The summed E-state index contributed by atoms with van der Waals surface area (Å²) in [6, 6.07) is 21.8. The van der Waals surface area contributed by atoms with Crippen LogP contribution in [0.4, 0.5) is 0 Å². The Morgan fingerprint density at radius 3 is 2.11 bits per heavy atom. The van der Waals surface area contributed by atoms with Gasteiger partial charge in [-0.05, 0) is 30.5 Å². The lowest BCUT2D eigenvalue weighted by molar-refractivity contribution is 0.529. The van der Waals surface area contributed by atoms with Crippen molar-refractivity contribution in [2.24, 2.45) is 0 Å². The summed E-state index contributed by atoms with van der Waals surface area (Å²) >= 11 is 0. The highest BCUT2D eigenvalue weighted by atomic mass is 14.9. The fourth-order valence-corrected chi connectivity index (χ4v) is 2.16. The Labute approximate surface area is 110 Å². The SMILES string of the molecule is CCCN[C@@H](Cc1ccccc1)c1ccccc1. The van der Waals surface area contributed by atoms with Gasteiger partial charge in [-0.2, -0.15) is 0 Å². The Balaban J connectivity index is 2.10. The predicted molar refractivity (Wildman–Crippen MR) is 77.6 cm³/mol. The number of nitrogens with one attached hydrogen (secondary N) is 1. The van der Waals surface area contributed by atoms with Crippen molar-refractivity contribution >= 4 is 0 Å². The maximum Gasteiger partial charge on any atom is 0.0360 e. The molecule has 0 spiro atoms. The molecule has 0 radical (unpaired) electrons. The smallest absolute Gasteiger partial charge is 0.0360 e. The molecule has 0 heterocycles. The van der Waals surface area contributed by atoms with Crippen LogP contribution in [0.2, 0.25) is 0 Å². The maximum atomic E-state index is 3.63. The molecule has 0 saturated heterocycles. The van der Waals surface area contributed by atoms with Gasteiger partial charge in [-0.3, -0.25) is 0 Å². The quantitative estimate of drug-likeness (QED) is 0.804. The zero-order valence-electron chi connectivity index (χ0n) is 11.0. The zero-order valence-corrected chi connectivity index (χ0v) is 11.0. The lowest BCUT2D eigenvalue weighted by atomic mass is 9.99. The van der Waals surface area contributed by atoms with E-state index in [9.17, 15) is 0 Å². The first-order valence-corrected chi connectivity index (χ1v) is 6.72. The number of rotatable bonds is 6. The lowest BCUT2D eigenvalue weighted by Gasteiger charge is -2.19.